The summed E-state index contributed by atoms with van der Waals surface area (Å²) in [5.41, 5.74) is 6.65. The number of anilines is 2. The normalized spacial score (nSPS) is 10.6. The van der Waals surface area contributed by atoms with Gasteiger partial charge < -0.3 is 5.73 Å². The van der Waals surface area contributed by atoms with Gasteiger partial charge in [-0.05, 0) is 41.4 Å². The van der Waals surface area contributed by atoms with Crippen LogP contribution in [0.1, 0.15) is 27.9 Å². The number of aromatic nitrogens is 1. The van der Waals surface area contributed by atoms with Crippen molar-refractivity contribution in [2.45, 2.75) is 20.3 Å². The molecule has 0 radical (unpaired) electrons. The molecule has 7 heteroatoms. The Morgan fingerprint density at radius 2 is 2.25 bits per heavy atom. The maximum atomic E-state index is 13.3. The van der Waals surface area contributed by atoms with Crippen LogP contribution in [-0.4, -0.2) is 10.9 Å². The number of carbonyl (C=O) groups is 1. The Morgan fingerprint density at radius 3 is 2.85 bits per heavy atom. The van der Waals surface area contributed by atoms with Crippen LogP contribution in [0.4, 0.5) is 15.2 Å². The second-order valence-corrected chi connectivity index (χ2v) is 6.24. The topological polar surface area (TPSA) is 68.0 Å². The molecule has 1 heterocycles. The smallest absolute Gasteiger partial charge is 0.258 e. The molecule has 2 rings (SSSR count). The third kappa shape index (κ3) is 2.99. The minimum absolute atomic E-state index is 0.0667. The van der Waals surface area contributed by atoms with Crippen molar-refractivity contribution in [3.05, 3.63) is 38.6 Å². The zero-order valence-corrected chi connectivity index (χ0v) is 13.4. The van der Waals surface area contributed by atoms with Gasteiger partial charge in [0.15, 0.2) is 5.13 Å². The maximum absolute atomic E-state index is 13.3. The predicted octanol–water partition coefficient (Wildman–Crippen LogP) is 3.75. The number of amides is 1. The molecule has 0 saturated carbocycles. The van der Waals surface area contributed by atoms with Crippen molar-refractivity contribution in [2.75, 3.05) is 11.1 Å². The minimum Gasteiger partial charge on any atom is -0.396 e. The second kappa shape index (κ2) is 5.88. The first kappa shape index (κ1) is 14.9. The average molecular weight is 358 g/mol. The standard InChI is InChI=1S/C13H13BrFN3OS/c1-3-11-6(2)20-13(17-11)18-12(19)7-4-10(16)9(15)5-8(7)14/h4-5H,3,16H2,1-2H3,(H,17,18,19). The van der Waals surface area contributed by atoms with E-state index in [2.05, 4.69) is 26.2 Å². The molecule has 0 aliphatic carbocycles. The molecule has 106 valence electrons. The van der Waals surface area contributed by atoms with Gasteiger partial charge >= 0.3 is 0 Å². The van der Waals surface area contributed by atoms with Gasteiger partial charge in [-0.2, -0.15) is 0 Å². The number of halogens is 2. The molecule has 0 atom stereocenters. The number of carbonyl (C=O) groups excluding carboxylic acids is 1. The molecule has 4 nitrogen and oxygen atoms in total. The summed E-state index contributed by atoms with van der Waals surface area (Å²) in [7, 11) is 0. The fourth-order valence-electron chi connectivity index (χ4n) is 1.71. The fourth-order valence-corrected chi connectivity index (χ4v) is 3.11. The van der Waals surface area contributed by atoms with Crippen molar-refractivity contribution in [1.29, 1.82) is 0 Å². The number of hydrogen-bond acceptors (Lipinski definition) is 4. The van der Waals surface area contributed by atoms with Crippen molar-refractivity contribution in [1.82, 2.24) is 4.98 Å². The molecular weight excluding hydrogens is 345 g/mol. The van der Waals surface area contributed by atoms with Crippen molar-refractivity contribution in [2.24, 2.45) is 0 Å². The number of nitrogen functional groups attached to an aromatic ring is 1. The zero-order valence-electron chi connectivity index (χ0n) is 11.0. The van der Waals surface area contributed by atoms with E-state index in [1.54, 1.807) is 0 Å². The third-order valence-corrected chi connectivity index (χ3v) is 4.36. The zero-order chi connectivity index (χ0) is 14.9. The largest absolute Gasteiger partial charge is 0.396 e. The lowest BCUT2D eigenvalue weighted by Crippen LogP contribution is -2.13. The molecule has 1 aromatic carbocycles. The first-order valence-corrected chi connectivity index (χ1v) is 7.55. The van der Waals surface area contributed by atoms with Crippen LogP contribution < -0.4 is 11.1 Å². The van der Waals surface area contributed by atoms with E-state index in [1.807, 2.05) is 13.8 Å². The Bertz CT molecular complexity index is 672. The summed E-state index contributed by atoms with van der Waals surface area (Å²) < 4.78 is 13.6. The first-order chi connectivity index (χ1) is 9.42. The van der Waals surface area contributed by atoms with Crippen LogP contribution in [0.15, 0.2) is 16.6 Å². The van der Waals surface area contributed by atoms with E-state index in [0.29, 0.717) is 9.60 Å². The quantitative estimate of drug-likeness (QED) is 0.822. The van der Waals surface area contributed by atoms with Gasteiger partial charge in [-0.3, -0.25) is 10.1 Å². The number of nitrogens with one attached hydrogen (secondary N) is 1. The minimum atomic E-state index is -0.563. The highest BCUT2D eigenvalue weighted by Crippen LogP contribution is 2.26. The summed E-state index contributed by atoms with van der Waals surface area (Å²) in [5.74, 6) is -0.938. The van der Waals surface area contributed by atoms with Crippen molar-refractivity contribution in [3.8, 4) is 0 Å². The molecule has 0 aliphatic rings. The second-order valence-electron chi connectivity index (χ2n) is 4.18. The van der Waals surface area contributed by atoms with Crippen LogP contribution in [0.3, 0.4) is 0 Å². The first-order valence-electron chi connectivity index (χ1n) is 5.94. The monoisotopic (exact) mass is 357 g/mol. The van der Waals surface area contributed by atoms with Gasteiger partial charge in [0.1, 0.15) is 5.82 Å². The van der Waals surface area contributed by atoms with Gasteiger partial charge in [0.25, 0.3) is 5.91 Å². The lowest BCUT2D eigenvalue weighted by Gasteiger charge is -2.06. The van der Waals surface area contributed by atoms with Crippen molar-refractivity contribution in [3.63, 3.8) is 0 Å². The average Bonchev–Trinajstić information content (AvgIpc) is 2.73. The fraction of sp³-hybridized carbons (Fsp3) is 0.231. The Hall–Kier alpha value is -1.47. The summed E-state index contributed by atoms with van der Waals surface area (Å²) >= 11 is 4.57. The predicted molar refractivity (Wildman–Crippen MR) is 82.7 cm³/mol. The number of rotatable bonds is 3. The summed E-state index contributed by atoms with van der Waals surface area (Å²) in [6.07, 6.45) is 0.811. The Labute approximate surface area is 128 Å². The molecule has 0 unspecified atom stereocenters. The Kier molecular flexibility index (Phi) is 4.39. The number of thiazole rings is 1. The van der Waals surface area contributed by atoms with E-state index in [1.165, 1.54) is 23.5 Å². The van der Waals surface area contributed by atoms with E-state index in [9.17, 15) is 9.18 Å². The SMILES string of the molecule is CCc1nc(NC(=O)c2cc(N)c(F)cc2Br)sc1C. The highest BCUT2D eigenvalue weighted by Gasteiger charge is 2.15. The molecule has 1 amide bonds. The number of nitrogens with zero attached hydrogens (tertiary/aromatic N) is 1. The third-order valence-electron chi connectivity index (χ3n) is 2.78. The van der Waals surface area contributed by atoms with Crippen LogP contribution in [0.5, 0.6) is 0 Å². The number of nitrogens with two attached hydrogens (primary N) is 1. The number of hydrogen-bond donors (Lipinski definition) is 2. The highest BCUT2D eigenvalue weighted by molar-refractivity contribution is 9.10. The molecular formula is C13H13BrFN3OS. The molecule has 0 bridgehead atoms. The van der Waals surface area contributed by atoms with Gasteiger partial charge in [0, 0.05) is 9.35 Å². The van der Waals surface area contributed by atoms with E-state index < -0.39 is 5.82 Å². The van der Waals surface area contributed by atoms with Crippen LogP contribution in [0.2, 0.25) is 0 Å². The number of aryl methyl sites for hydroxylation is 2. The molecule has 3 N–H and O–H groups in total. The summed E-state index contributed by atoms with van der Waals surface area (Å²) in [6, 6.07) is 2.48. The Morgan fingerprint density at radius 1 is 1.55 bits per heavy atom. The lowest BCUT2D eigenvalue weighted by atomic mass is 10.2. The van der Waals surface area contributed by atoms with Gasteiger partial charge in [-0.15, -0.1) is 11.3 Å². The summed E-state index contributed by atoms with van der Waals surface area (Å²) in [5, 5.41) is 3.23. The molecule has 0 saturated heterocycles. The van der Waals surface area contributed by atoms with E-state index >= 15 is 0 Å². The summed E-state index contributed by atoms with van der Waals surface area (Å²) in [6.45, 7) is 3.96. The maximum Gasteiger partial charge on any atom is 0.258 e. The molecule has 0 aliphatic heterocycles. The molecule has 2 aromatic rings. The van der Waals surface area contributed by atoms with Gasteiger partial charge in [-0.1, -0.05) is 6.92 Å². The van der Waals surface area contributed by atoms with E-state index in [0.717, 1.165) is 17.0 Å². The number of benzene rings is 1. The van der Waals surface area contributed by atoms with Gasteiger partial charge in [-0.25, -0.2) is 9.37 Å². The van der Waals surface area contributed by atoms with Crippen LogP contribution >= 0.6 is 27.3 Å². The summed E-state index contributed by atoms with van der Waals surface area (Å²) in [4.78, 5) is 17.6. The molecule has 20 heavy (non-hydrogen) atoms. The van der Waals surface area contributed by atoms with E-state index in [-0.39, 0.29) is 17.2 Å². The van der Waals surface area contributed by atoms with Crippen LogP contribution in [-0.2, 0) is 6.42 Å². The molecule has 0 fully saturated rings. The van der Waals surface area contributed by atoms with Crippen LogP contribution in [0, 0.1) is 12.7 Å². The molecule has 0 spiro atoms. The van der Waals surface area contributed by atoms with Crippen molar-refractivity contribution >= 4 is 44.0 Å². The van der Waals surface area contributed by atoms with Crippen LogP contribution in [0.25, 0.3) is 0 Å². The van der Waals surface area contributed by atoms with Gasteiger partial charge in [0.05, 0.1) is 16.9 Å². The highest BCUT2D eigenvalue weighted by atomic mass is 79.9. The van der Waals surface area contributed by atoms with Gasteiger partial charge in [0.2, 0.25) is 0 Å². The van der Waals surface area contributed by atoms with Crippen molar-refractivity contribution < 1.29 is 9.18 Å². The lowest BCUT2D eigenvalue weighted by molar-refractivity contribution is 0.102. The Balaban J connectivity index is 2.25. The molecule has 1 aromatic heterocycles. The van der Waals surface area contributed by atoms with E-state index in [4.69, 9.17) is 5.73 Å².